The number of nitrogens with two attached hydrogens (primary N) is 1. The van der Waals surface area contributed by atoms with Crippen LogP contribution >= 0.6 is 0 Å². The lowest BCUT2D eigenvalue weighted by Crippen LogP contribution is -2.27. The van der Waals surface area contributed by atoms with Crippen molar-refractivity contribution in [2.24, 2.45) is 0 Å². The van der Waals surface area contributed by atoms with Crippen LogP contribution in [0.4, 0.5) is 11.9 Å². The summed E-state index contributed by atoms with van der Waals surface area (Å²) in [5.74, 6) is 1.82. The van der Waals surface area contributed by atoms with Crippen molar-refractivity contribution in [2.45, 2.75) is 19.5 Å². The van der Waals surface area contributed by atoms with E-state index in [0.29, 0.717) is 35.0 Å². The number of aromatic nitrogens is 5. The number of nitrogen functional groups attached to an aromatic ring is 1. The van der Waals surface area contributed by atoms with Crippen molar-refractivity contribution in [3.8, 4) is 0 Å². The van der Waals surface area contributed by atoms with Crippen LogP contribution in [-0.4, -0.2) is 51.0 Å². The first-order valence-electron chi connectivity index (χ1n) is 8.22. The van der Waals surface area contributed by atoms with Gasteiger partial charge in [0.25, 0.3) is 5.56 Å². The van der Waals surface area contributed by atoms with Crippen molar-refractivity contribution in [1.29, 1.82) is 0 Å². The van der Waals surface area contributed by atoms with E-state index in [1.807, 2.05) is 51.2 Å². The molecule has 3 rings (SSSR count). The Bertz CT molecular complexity index is 984. The summed E-state index contributed by atoms with van der Waals surface area (Å²) < 4.78 is 0. The number of para-hydroxylation sites is 1. The second-order valence-corrected chi connectivity index (χ2v) is 6.37. The zero-order valence-electron chi connectivity index (χ0n) is 15.3. The van der Waals surface area contributed by atoms with Gasteiger partial charge >= 0.3 is 0 Å². The highest BCUT2D eigenvalue weighted by Gasteiger charge is 2.18. The van der Waals surface area contributed by atoms with Gasteiger partial charge in [0.2, 0.25) is 11.9 Å². The van der Waals surface area contributed by atoms with E-state index in [1.54, 1.807) is 11.0 Å². The first-order chi connectivity index (χ1) is 12.3. The lowest BCUT2D eigenvalue weighted by atomic mass is 10.2. The van der Waals surface area contributed by atoms with Gasteiger partial charge in [-0.05, 0) is 26.1 Å². The Morgan fingerprint density at radius 3 is 2.58 bits per heavy atom. The number of rotatable bonds is 5. The van der Waals surface area contributed by atoms with Crippen LogP contribution < -0.4 is 16.2 Å². The summed E-state index contributed by atoms with van der Waals surface area (Å²) in [5, 5.41) is 0.577. The van der Waals surface area contributed by atoms with Crippen LogP contribution in [-0.2, 0) is 6.54 Å². The number of nitrogens with one attached hydrogen (secondary N) is 1. The van der Waals surface area contributed by atoms with Crippen molar-refractivity contribution >= 4 is 22.8 Å². The molecule has 0 amide bonds. The van der Waals surface area contributed by atoms with E-state index in [2.05, 4.69) is 24.9 Å². The molecule has 2 heterocycles. The van der Waals surface area contributed by atoms with E-state index >= 15 is 0 Å². The predicted molar refractivity (Wildman–Crippen MR) is 101 cm³/mol. The molecule has 9 nitrogen and oxygen atoms in total. The molecule has 26 heavy (non-hydrogen) atoms. The fourth-order valence-corrected chi connectivity index (χ4v) is 2.56. The summed E-state index contributed by atoms with van der Waals surface area (Å²) in [7, 11) is 5.60. The molecule has 136 valence electrons. The molecular weight excluding hydrogens is 332 g/mol. The molecule has 0 fully saturated rings. The Balaban J connectivity index is 1.86. The number of anilines is 2. The zero-order valence-corrected chi connectivity index (χ0v) is 15.3. The number of hydrogen-bond acceptors (Lipinski definition) is 8. The molecule has 0 radical (unpaired) electrons. The van der Waals surface area contributed by atoms with Crippen molar-refractivity contribution in [3.63, 3.8) is 0 Å². The maximum absolute atomic E-state index is 12.2. The third-order valence-electron chi connectivity index (χ3n) is 4.15. The molecule has 1 unspecified atom stereocenters. The number of H-pyrrole nitrogens is 1. The second kappa shape index (κ2) is 7.04. The highest BCUT2D eigenvalue weighted by Crippen LogP contribution is 2.19. The van der Waals surface area contributed by atoms with Crippen molar-refractivity contribution in [1.82, 2.24) is 29.8 Å². The fraction of sp³-hybridized carbons (Fsp3) is 0.353. The average Bonchev–Trinajstić information content (AvgIpc) is 2.60. The Hall–Kier alpha value is -3.07. The smallest absolute Gasteiger partial charge is 0.258 e. The molecular formula is C17H22N8O. The molecule has 1 atom stereocenters. The van der Waals surface area contributed by atoms with Gasteiger partial charge in [-0.3, -0.25) is 9.69 Å². The molecule has 0 aliphatic rings. The number of benzene rings is 1. The molecule has 0 aliphatic heterocycles. The van der Waals surface area contributed by atoms with E-state index in [9.17, 15) is 4.79 Å². The fourth-order valence-electron chi connectivity index (χ4n) is 2.56. The number of nitrogens with zero attached hydrogens (tertiary/aromatic N) is 6. The zero-order chi connectivity index (χ0) is 18.8. The molecule has 3 aromatic rings. The summed E-state index contributed by atoms with van der Waals surface area (Å²) in [6, 6.07) is 7.12. The van der Waals surface area contributed by atoms with Crippen LogP contribution in [0.15, 0.2) is 29.1 Å². The second-order valence-electron chi connectivity index (χ2n) is 6.37. The van der Waals surface area contributed by atoms with Crippen LogP contribution in [0.5, 0.6) is 0 Å². The molecule has 0 bridgehead atoms. The van der Waals surface area contributed by atoms with Gasteiger partial charge in [-0.15, -0.1) is 0 Å². The normalized spacial score (nSPS) is 12.5. The number of fused-ring (bicyclic) bond motifs is 1. The van der Waals surface area contributed by atoms with Gasteiger partial charge < -0.3 is 15.6 Å². The standard InChI is InChI=1S/C17H22N8O/c1-10(14-21-16(18)23-17(22-14)24(2)3)25(4)9-13-19-12-8-6-5-7-11(12)15(26)20-13/h5-8,10H,9H2,1-4H3,(H,19,20,26)(H2,18,21,22,23). The summed E-state index contributed by atoms with van der Waals surface area (Å²) in [6.07, 6.45) is 0. The Kier molecular flexibility index (Phi) is 4.81. The maximum Gasteiger partial charge on any atom is 0.258 e. The third kappa shape index (κ3) is 3.62. The molecule has 9 heteroatoms. The van der Waals surface area contributed by atoms with E-state index in [1.165, 1.54) is 0 Å². The minimum atomic E-state index is -0.147. The minimum Gasteiger partial charge on any atom is -0.368 e. The van der Waals surface area contributed by atoms with Crippen LogP contribution in [0.3, 0.4) is 0 Å². The van der Waals surface area contributed by atoms with Crippen LogP contribution in [0.2, 0.25) is 0 Å². The van der Waals surface area contributed by atoms with E-state index < -0.39 is 0 Å². The van der Waals surface area contributed by atoms with Crippen molar-refractivity contribution < 1.29 is 0 Å². The van der Waals surface area contributed by atoms with Gasteiger partial charge in [0.15, 0.2) is 5.82 Å². The van der Waals surface area contributed by atoms with Crippen LogP contribution in [0, 0.1) is 0 Å². The van der Waals surface area contributed by atoms with E-state index in [-0.39, 0.29) is 17.5 Å². The van der Waals surface area contributed by atoms with E-state index in [0.717, 1.165) is 0 Å². The molecule has 2 aromatic heterocycles. The Morgan fingerprint density at radius 1 is 1.12 bits per heavy atom. The molecule has 0 aliphatic carbocycles. The highest BCUT2D eigenvalue weighted by atomic mass is 16.1. The van der Waals surface area contributed by atoms with Crippen LogP contribution in [0.25, 0.3) is 10.9 Å². The maximum atomic E-state index is 12.2. The molecule has 0 saturated heterocycles. The van der Waals surface area contributed by atoms with Gasteiger partial charge in [0.1, 0.15) is 5.82 Å². The van der Waals surface area contributed by atoms with Gasteiger partial charge in [-0.1, -0.05) is 12.1 Å². The Labute approximate surface area is 150 Å². The summed E-state index contributed by atoms with van der Waals surface area (Å²) in [5.41, 5.74) is 6.33. The quantitative estimate of drug-likeness (QED) is 0.695. The van der Waals surface area contributed by atoms with Gasteiger partial charge in [-0.2, -0.15) is 15.0 Å². The monoisotopic (exact) mass is 354 g/mol. The lowest BCUT2D eigenvalue weighted by molar-refractivity contribution is 0.238. The first kappa shape index (κ1) is 17.7. The SMILES string of the molecule is CC(c1nc(N)nc(N(C)C)n1)N(C)Cc1nc2ccccc2c(=O)[nH]1. The first-order valence-corrected chi connectivity index (χ1v) is 8.22. The Morgan fingerprint density at radius 2 is 1.85 bits per heavy atom. The van der Waals surface area contributed by atoms with Crippen LogP contribution in [0.1, 0.15) is 24.6 Å². The van der Waals surface area contributed by atoms with E-state index in [4.69, 9.17) is 5.73 Å². The van der Waals surface area contributed by atoms with Crippen molar-refractivity contribution in [3.05, 3.63) is 46.3 Å². The summed E-state index contributed by atoms with van der Waals surface area (Å²) >= 11 is 0. The molecule has 0 saturated carbocycles. The van der Waals surface area contributed by atoms with Gasteiger partial charge in [0.05, 0.1) is 23.5 Å². The third-order valence-corrected chi connectivity index (χ3v) is 4.15. The average molecular weight is 354 g/mol. The lowest BCUT2D eigenvalue weighted by Gasteiger charge is -2.23. The largest absolute Gasteiger partial charge is 0.368 e. The van der Waals surface area contributed by atoms with Gasteiger partial charge in [0, 0.05) is 14.1 Å². The predicted octanol–water partition coefficient (Wildman–Crippen LogP) is 0.949. The number of hydrogen-bond donors (Lipinski definition) is 2. The summed E-state index contributed by atoms with van der Waals surface area (Å²) in [4.78, 5) is 36.1. The highest BCUT2D eigenvalue weighted by molar-refractivity contribution is 5.77. The molecule has 1 aromatic carbocycles. The van der Waals surface area contributed by atoms with Crippen molar-refractivity contribution in [2.75, 3.05) is 31.8 Å². The molecule has 0 spiro atoms. The summed E-state index contributed by atoms with van der Waals surface area (Å²) in [6.45, 7) is 2.40. The molecule has 3 N–H and O–H groups in total. The minimum absolute atomic E-state index is 0.143. The number of aromatic amines is 1. The van der Waals surface area contributed by atoms with Gasteiger partial charge in [-0.25, -0.2) is 4.98 Å². The topological polar surface area (TPSA) is 117 Å².